The summed E-state index contributed by atoms with van der Waals surface area (Å²) in [4.78, 5) is 26.2. The zero-order valence-corrected chi connectivity index (χ0v) is 16.7. The van der Waals surface area contributed by atoms with Crippen molar-refractivity contribution in [1.82, 2.24) is 25.1 Å². The highest BCUT2D eigenvalue weighted by molar-refractivity contribution is 5.97. The maximum absolute atomic E-state index is 13.0. The summed E-state index contributed by atoms with van der Waals surface area (Å²) in [6, 6.07) is 5.66. The van der Waals surface area contributed by atoms with E-state index in [9.17, 15) is 4.79 Å². The molecule has 8 nitrogen and oxygen atoms in total. The number of hydrogen-bond acceptors (Lipinski definition) is 6. The third-order valence-electron chi connectivity index (χ3n) is 5.98. The SMILES string of the molecule is CN(C)c1ncc2c(n1)C1(CCN(C(=O)c3ccc4[nH]ncc4c3)CC1)OCC2. The van der Waals surface area contributed by atoms with Gasteiger partial charge in [0.15, 0.2) is 0 Å². The van der Waals surface area contributed by atoms with Crippen LogP contribution >= 0.6 is 0 Å². The molecule has 0 radical (unpaired) electrons. The molecule has 4 heterocycles. The number of likely N-dealkylation sites (tertiary alicyclic amines) is 1. The van der Waals surface area contributed by atoms with Crippen molar-refractivity contribution < 1.29 is 9.53 Å². The lowest BCUT2D eigenvalue weighted by Gasteiger charge is -2.44. The van der Waals surface area contributed by atoms with Gasteiger partial charge in [0.25, 0.3) is 5.91 Å². The van der Waals surface area contributed by atoms with E-state index < -0.39 is 5.60 Å². The van der Waals surface area contributed by atoms with Gasteiger partial charge in [0.05, 0.1) is 24.0 Å². The lowest BCUT2D eigenvalue weighted by atomic mass is 9.83. The molecule has 0 aliphatic carbocycles. The summed E-state index contributed by atoms with van der Waals surface area (Å²) < 4.78 is 6.29. The second kappa shape index (κ2) is 6.81. The molecule has 2 aliphatic rings. The molecule has 29 heavy (non-hydrogen) atoms. The average Bonchev–Trinajstić information content (AvgIpc) is 3.22. The van der Waals surface area contributed by atoms with Crippen LogP contribution in [0.2, 0.25) is 0 Å². The van der Waals surface area contributed by atoms with Crippen LogP contribution in [0.4, 0.5) is 5.95 Å². The highest BCUT2D eigenvalue weighted by Crippen LogP contribution is 2.41. The van der Waals surface area contributed by atoms with E-state index >= 15 is 0 Å². The highest BCUT2D eigenvalue weighted by Gasteiger charge is 2.43. The van der Waals surface area contributed by atoms with Gasteiger partial charge in [-0.2, -0.15) is 5.10 Å². The molecule has 1 fully saturated rings. The first-order valence-corrected chi connectivity index (χ1v) is 9.96. The van der Waals surface area contributed by atoms with Crippen molar-refractivity contribution in [3.05, 3.63) is 47.4 Å². The number of nitrogens with one attached hydrogen (secondary N) is 1. The Labute approximate surface area is 168 Å². The van der Waals surface area contributed by atoms with Crippen molar-refractivity contribution in [3.63, 3.8) is 0 Å². The van der Waals surface area contributed by atoms with Gasteiger partial charge in [-0.1, -0.05) is 0 Å². The number of carbonyl (C=O) groups excluding carboxylic acids is 1. The number of aromatic amines is 1. The van der Waals surface area contributed by atoms with Crippen LogP contribution in [0.3, 0.4) is 0 Å². The molecular weight excluding hydrogens is 368 g/mol. The molecule has 1 spiro atoms. The van der Waals surface area contributed by atoms with Gasteiger partial charge >= 0.3 is 0 Å². The Bertz CT molecular complexity index is 1070. The van der Waals surface area contributed by atoms with Crippen LogP contribution in [0.5, 0.6) is 0 Å². The van der Waals surface area contributed by atoms with Crippen molar-refractivity contribution in [2.45, 2.75) is 24.9 Å². The second-order valence-electron chi connectivity index (χ2n) is 8.00. The first-order valence-electron chi connectivity index (χ1n) is 9.96. The standard InChI is InChI=1S/C21H24N6O2/c1-26(2)20-22-12-15-5-10-29-21(18(15)24-20)6-8-27(9-7-21)19(28)14-3-4-17-16(11-14)13-23-25-17/h3-4,11-13H,5-10H2,1-2H3,(H,23,25). The maximum Gasteiger partial charge on any atom is 0.253 e. The Hall–Kier alpha value is -3.00. The van der Waals surface area contributed by atoms with E-state index in [2.05, 4.69) is 15.2 Å². The molecule has 1 aromatic carbocycles. The first-order chi connectivity index (χ1) is 14.1. The average molecular weight is 392 g/mol. The number of H-pyrrole nitrogens is 1. The van der Waals surface area contributed by atoms with Crippen molar-refractivity contribution >= 4 is 22.8 Å². The molecule has 2 aliphatic heterocycles. The smallest absolute Gasteiger partial charge is 0.253 e. The molecule has 1 amide bonds. The number of rotatable bonds is 2. The Kier molecular flexibility index (Phi) is 4.24. The summed E-state index contributed by atoms with van der Waals surface area (Å²) in [6.45, 7) is 1.95. The number of amides is 1. The number of anilines is 1. The van der Waals surface area contributed by atoms with Crippen LogP contribution in [0, 0.1) is 0 Å². The van der Waals surface area contributed by atoms with Crippen LogP contribution in [0.25, 0.3) is 10.9 Å². The molecular formula is C21H24N6O2. The quantitative estimate of drug-likeness (QED) is 0.719. The van der Waals surface area contributed by atoms with E-state index in [0.29, 0.717) is 31.2 Å². The Morgan fingerprint density at radius 3 is 2.86 bits per heavy atom. The van der Waals surface area contributed by atoms with Crippen LogP contribution < -0.4 is 4.90 Å². The maximum atomic E-state index is 13.0. The van der Waals surface area contributed by atoms with Gasteiger partial charge in [0.1, 0.15) is 5.60 Å². The molecule has 0 saturated carbocycles. The third kappa shape index (κ3) is 3.04. The minimum atomic E-state index is -0.424. The lowest BCUT2D eigenvalue weighted by Crippen LogP contribution is -2.49. The fourth-order valence-corrected chi connectivity index (χ4v) is 4.33. The molecule has 1 N–H and O–H groups in total. The zero-order chi connectivity index (χ0) is 20.0. The Morgan fingerprint density at radius 1 is 1.24 bits per heavy atom. The third-order valence-corrected chi connectivity index (χ3v) is 5.98. The van der Waals surface area contributed by atoms with E-state index in [1.54, 1.807) is 6.20 Å². The number of nitrogens with zero attached hydrogens (tertiary/aromatic N) is 5. The Balaban J connectivity index is 1.37. The van der Waals surface area contributed by atoms with Gasteiger partial charge in [-0.25, -0.2) is 9.97 Å². The monoisotopic (exact) mass is 392 g/mol. The Morgan fingerprint density at radius 2 is 2.07 bits per heavy atom. The predicted octanol–water partition coefficient (Wildman–Crippen LogP) is 2.12. The van der Waals surface area contributed by atoms with E-state index in [1.807, 2.05) is 48.3 Å². The summed E-state index contributed by atoms with van der Waals surface area (Å²) in [5.74, 6) is 0.746. The first kappa shape index (κ1) is 18.1. The molecule has 0 unspecified atom stereocenters. The van der Waals surface area contributed by atoms with Gasteiger partial charge in [0, 0.05) is 44.3 Å². The van der Waals surface area contributed by atoms with Gasteiger partial charge in [0.2, 0.25) is 5.95 Å². The van der Waals surface area contributed by atoms with Crippen LogP contribution in [0.15, 0.2) is 30.6 Å². The molecule has 5 rings (SSSR count). The summed E-state index contributed by atoms with van der Waals surface area (Å²) in [7, 11) is 3.88. The second-order valence-corrected chi connectivity index (χ2v) is 8.00. The fourth-order valence-electron chi connectivity index (χ4n) is 4.33. The molecule has 0 bridgehead atoms. The molecule has 150 valence electrons. The van der Waals surface area contributed by atoms with E-state index in [0.717, 1.165) is 41.4 Å². The summed E-state index contributed by atoms with van der Waals surface area (Å²) in [6.07, 6.45) is 5.98. The van der Waals surface area contributed by atoms with E-state index in [-0.39, 0.29) is 5.91 Å². The number of aromatic nitrogens is 4. The molecule has 3 aromatic rings. The van der Waals surface area contributed by atoms with Crippen LogP contribution in [-0.2, 0) is 16.8 Å². The van der Waals surface area contributed by atoms with E-state index in [4.69, 9.17) is 9.72 Å². The number of benzene rings is 1. The number of fused-ring (bicyclic) bond motifs is 3. The number of hydrogen-bond donors (Lipinski definition) is 1. The van der Waals surface area contributed by atoms with Crippen LogP contribution in [0.1, 0.15) is 34.5 Å². The summed E-state index contributed by atoms with van der Waals surface area (Å²) in [5.41, 5.74) is 3.35. The van der Waals surface area contributed by atoms with E-state index in [1.165, 1.54) is 0 Å². The fraction of sp³-hybridized carbons (Fsp3) is 0.429. The van der Waals surface area contributed by atoms with Crippen molar-refractivity contribution in [2.24, 2.45) is 0 Å². The largest absolute Gasteiger partial charge is 0.368 e. The number of carbonyl (C=O) groups is 1. The molecule has 0 atom stereocenters. The topological polar surface area (TPSA) is 87.2 Å². The van der Waals surface area contributed by atoms with Gasteiger partial charge < -0.3 is 14.5 Å². The number of piperidine rings is 1. The predicted molar refractivity (Wildman–Crippen MR) is 109 cm³/mol. The van der Waals surface area contributed by atoms with Gasteiger partial charge in [-0.3, -0.25) is 9.89 Å². The van der Waals surface area contributed by atoms with Crippen molar-refractivity contribution in [3.8, 4) is 0 Å². The number of ether oxygens (including phenoxy) is 1. The van der Waals surface area contributed by atoms with Gasteiger partial charge in [-0.15, -0.1) is 0 Å². The van der Waals surface area contributed by atoms with Crippen LogP contribution in [-0.4, -0.2) is 64.8 Å². The minimum Gasteiger partial charge on any atom is -0.368 e. The molecule has 1 saturated heterocycles. The highest BCUT2D eigenvalue weighted by atomic mass is 16.5. The summed E-state index contributed by atoms with van der Waals surface area (Å²) in [5, 5.41) is 7.90. The normalized spacial score (nSPS) is 18.1. The van der Waals surface area contributed by atoms with Crippen molar-refractivity contribution in [2.75, 3.05) is 38.7 Å². The summed E-state index contributed by atoms with van der Waals surface area (Å²) >= 11 is 0. The molecule has 8 heteroatoms. The van der Waals surface area contributed by atoms with Gasteiger partial charge in [-0.05, 0) is 43.0 Å². The molecule has 2 aromatic heterocycles. The minimum absolute atomic E-state index is 0.0515. The van der Waals surface area contributed by atoms with Crippen molar-refractivity contribution in [1.29, 1.82) is 0 Å². The lowest BCUT2D eigenvalue weighted by molar-refractivity contribution is -0.0967. The zero-order valence-electron chi connectivity index (χ0n) is 16.7.